The lowest BCUT2D eigenvalue weighted by molar-refractivity contribution is 0.758. The van der Waals surface area contributed by atoms with E-state index in [9.17, 15) is 0 Å². The van der Waals surface area contributed by atoms with Crippen molar-refractivity contribution in [2.75, 3.05) is 11.9 Å². The third kappa shape index (κ3) is 2.95. The second-order valence-corrected chi connectivity index (χ2v) is 4.20. The van der Waals surface area contributed by atoms with E-state index in [1.54, 1.807) is 12.4 Å². The van der Waals surface area contributed by atoms with Crippen LogP contribution in [0.25, 0.3) is 0 Å². The average molecular weight is 242 g/mol. The Morgan fingerprint density at radius 2 is 2.23 bits per heavy atom. The van der Waals surface area contributed by atoms with Gasteiger partial charge >= 0.3 is 0 Å². The number of nitrogens with one attached hydrogen (secondary N) is 1. The van der Waals surface area contributed by atoms with E-state index in [1.807, 2.05) is 0 Å². The molecule has 1 fully saturated rings. The first-order valence-corrected chi connectivity index (χ1v) is 5.35. The minimum Gasteiger partial charge on any atom is -0.369 e. The Morgan fingerprint density at radius 1 is 1.38 bits per heavy atom. The maximum Gasteiger partial charge on any atom is 0.144 e. The molecule has 1 aliphatic carbocycles. The number of nitrogens with zero attached hydrogens (tertiary/aromatic N) is 2. The van der Waals surface area contributed by atoms with Gasteiger partial charge in [0.25, 0.3) is 0 Å². The summed E-state index contributed by atoms with van der Waals surface area (Å²) in [7, 11) is 0. The molecule has 0 aliphatic heterocycles. The first-order valence-electron chi connectivity index (χ1n) is 4.56. The van der Waals surface area contributed by atoms with Crippen molar-refractivity contribution in [3.8, 4) is 0 Å². The summed E-state index contributed by atoms with van der Waals surface area (Å²) >= 11 is 3.25. The molecule has 0 aromatic carbocycles. The fourth-order valence-corrected chi connectivity index (χ4v) is 1.42. The number of hydrogen-bond donors (Lipinski definition) is 1. The fourth-order valence-electron chi connectivity index (χ4n) is 1.21. The first kappa shape index (κ1) is 8.94. The molecule has 70 valence electrons. The Bertz CT molecular complexity index is 269. The fraction of sp³-hybridized carbons (Fsp3) is 0.556. The lowest BCUT2D eigenvalue weighted by Crippen LogP contribution is -2.04. The molecule has 0 bridgehead atoms. The van der Waals surface area contributed by atoms with E-state index in [0.717, 1.165) is 22.9 Å². The Morgan fingerprint density at radius 3 is 2.85 bits per heavy atom. The Kier molecular flexibility index (Phi) is 2.78. The number of hydrogen-bond acceptors (Lipinski definition) is 3. The normalized spacial score (nSPS) is 15.8. The molecule has 2 rings (SSSR count). The highest BCUT2D eigenvalue weighted by molar-refractivity contribution is 9.10. The van der Waals surface area contributed by atoms with E-state index >= 15 is 0 Å². The van der Waals surface area contributed by atoms with E-state index < -0.39 is 0 Å². The van der Waals surface area contributed by atoms with Crippen LogP contribution in [0.15, 0.2) is 17.0 Å². The number of anilines is 1. The third-order valence-corrected chi connectivity index (χ3v) is 2.59. The highest BCUT2D eigenvalue weighted by atomic mass is 79.9. The van der Waals surface area contributed by atoms with Crippen molar-refractivity contribution in [3.05, 3.63) is 17.0 Å². The van der Waals surface area contributed by atoms with Crippen LogP contribution >= 0.6 is 15.9 Å². The maximum absolute atomic E-state index is 4.18. The second kappa shape index (κ2) is 4.05. The number of aromatic nitrogens is 2. The summed E-state index contributed by atoms with van der Waals surface area (Å²) in [4.78, 5) is 8.26. The van der Waals surface area contributed by atoms with Crippen LogP contribution in [-0.2, 0) is 0 Å². The van der Waals surface area contributed by atoms with Gasteiger partial charge in [-0.15, -0.1) is 0 Å². The molecule has 3 nitrogen and oxygen atoms in total. The largest absolute Gasteiger partial charge is 0.369 e. The standard InChI is InChI=1S/C9H12BrN3/c10-8-5-13-9(6-12-8)11-4-3-7-1-2-7/h5-7H,1-4H2,(H,11,13). The highest BCUT2D eigenvalue weighted by Crippen LogP contribution is 2.31. The number of rotatable bonds is 4. The predicted molar refractivity (Wildman–Crippen MR) is 55.6 cm³/mol. The van der Waals surface area contributed by atoms with Gasteiger partial charge in [0.15, 0.2) is 0 Å². The first-order chi connectivity index (χ1) is 6.34. The quantitative estimate of drug-likeness (QED) is 0.881. The lowest BCUT2D eigenvalue weighted by Gasteiger charge is -2.03. The Labute approximate surface area is 86.1 Å². The van der Waals surface area contributed by atoms with Gasteiger partial charge < -0.3 is 5.32 Å². The molecular weight excluding hydrogens is 230 g/mol. The molecule has 1 N–H and O–H groups in total. The van der Waals surface area contributed by atoms with Crippen molar-refractivity contribution in [1.82, 2.24) is 9.97 Å². The van der Waals surface area contributed by atoms with Crippen molar-refractivity contribution in [3.63, 3.8) is 0 Å². The van der Waals surface area contributed by atoms with Crippen LogP contribution < -0.4 is 5.32 Å². The van der Waals surface area contributed by atoms with Crippen LogP contribution in [0.5, 0.6) is 0 Å². The number of halogens is 1. The molecule has 0 amide bonds. The molecule has 13 heavy (non-hydrogen) atoms. The van der Waals surface area contributed by atoms with E-state index in [1.165, 1.54) is 19.3 Å². The summed E-state index contributed by atoms with van der Waals surface area (Å²) in [5.41, 5.74) is 0. The molecule has 4 heteroatoms. The van der Waals surface area contributed by atoms with Crippen LogP contribution in [0.4, 0.5) is 5.82 Å². The molecule has 0 unspecified atom stereocenters. The summed E-state index contributed by atoms with van der Waals surface area (Å²) in [5.74, 6) is 1.83. The maximum atomic E-state index is 4.18. The zero-order chi connectivity index (χ0) is 9.10. The van der Waals surface area contributed by atoms with Gasteiger partial charge in [-0.05, 0) is 28.3 Å². The van der Waals surface area contributed by atoms with Crippen molar-refractivity contribution in [1.29, 1.82) is 0 Å². The van der Waals surface area contributed by atoms with Gasteiger partial charge in [-0.1, -0.05) is 12.8 Å². The van der Waals surface area contributed by atoms with Crippen LogP contribution in [0.2, 0.25) is 0 Å². The summed E-state index contributed by atoms with van der Waals surface area (Å²) < 4.78 is 0.778. The second-order valence-electron chi connectivity index (χ2n) is 3.38. The van der Waals surface area contributed by atoms with Gasteiger partial charge in [-0.3, -0.25) is 0 Å². The van der Waals surface area contributed by atoms with Crippen molar-refractivity contribution in [2.45, 2.75) is 19.3 Å². The molecule has 1 aliphatic rings. The van der Waals surface area contributed by atoms with Gasteiger partial charge in [-0.25, -0.2) is 9.97 Å². The minimum absolute atomic E-state index is 0.778. The van der Waals surface area contributed by atoms with E-state index in [-0.39, 0.29) is 0 Å². The Hall–Kier alpha value is -0.640. The van der Waals surface area contributed by atoms with Gasteiger partial charge in [0.2, 0.25) is 0 Å². The molecule has 1 heterocycles. The smallest absolute Gasteiger partial charge is 0.144 e. The van der Waals surface area contributed by atoms with Crippen molar-refractivity contribution >= 4 is 21.7 Å². The van der Waals surface area contributed by atoms with Crippen molar-refractivity contribution < 1.29 is 0 Å². The van der Waals surface area contributed by atoms with Gasteiger partial charge in [0.1, 0.15) is 10.4 Å². The zero-order valence-electron chi connectivity index (χ0n) is 7.33. The third-order valence-electron chi connectivity index (χ3n) is 2.18. The predicted octanol–water partition coefficient (Wildman–Crippen LogP) is 2.45. The van der Waals surface area contributed by atoms with Gasteiger partial charge in [0, 0.05) is 6.54 Å². The van der Waals surface area contributed by atoms with Crippen LogP contribution in [0.1, 0.15) is 19.3 Å². The summed E-state index contributed by atoms with van der Waals surface area (Å²) in [6, 6.07) is 0. The van der Waals surface area contributed by atoms with Crippen LogP contribution in [0, 0.1) is 5.92 Å². The van der Waals surface area contributed by atoms with E-state index in [2.05, 4.69) is 31.2 Å². The summed E-state index contributed by atoms with van der Waals surface area (Å²) in [6.07, 6.45) is 7.54. The lowest BCUT2D eigenvalue weighted by atomic mass is 10.3. The van der Waals surface area contributed by atoms with Crippen LogP contribution in [0.3, 0.4) is 0 Å². The summed E-state index contributed by atoms with van der Waals surface area (Å²) in [6.45, 7) is 1.01. The molecule has 1 aromatic heterocycles. The summed E-state index contributed by atoms with van der Waals surface area (Å²) in [5, 5.41) is 3.25. The molecule has 0 spiro atoms. The van der Waals surface area contributed by atoms with Crippen molar-refractivity contribution in [2.24, 2.45) is 5.92 Å². The molecule has 1 aromatic rings. The average Bonchev–Trinajstić information content (AvgIpc) is 2.92. The van der Waals surface area contributed by atoms with E-state index in [0.29, 0.717) is 0 Å². The SMILES string of the molecule is Brc1cnc(NCCC2CC2)cn1. The highest BCUT2D eigenvalue weighted by Gasteiger charge is 2.20. The van der Waals surface area contributed by atoms with Crippen LogP contribution in [-0.4, -0.2) is 16.5 Å². The zero-order valence-corrected chi connectivity index (χ0v) is 8.92. The molecular formula is C9H12BrN3. The molecule has 0 saturated heterocycles. The molecule has 0 radical (unpaired) electrons. The topological polar surface area (TPSA) is 37.8 Å². The molecule has 0 atom stereocenters. The van der Waals surface area contributed by atoms with Gasteiger partial charge in [0.05, 0.1) is 12.4 Å². The molecule has 1 saturated carbocycles. The van der Waals surface area contributed by atoms with Gasteiger partial charge in [-0.2, -0.15) is 0 Å². The minimum atomic E-state index is 0.778. The monoisotopic (exact) mass is 241 g/mol. The Balaban J connectivity index is 1.76. The van der Waals surface area contributed by atoms with E-state index in [4.69, 9.17) is 0 Å².